The van der Waals surface area contributed by atoms with Crippen molar-refractivity contribution in [3.05, 3.63) is 92.5 Å². The van der Waals surface area contributed by atoms with Crippen LogP contribution in [0.5, 0.6) is 5.75 Å². The molecule has 2 amide bonds. The average Bonchev–Trinajstić information content (AvgIpc) is 3.00. The molecule has 0 saturated carbocycles. The van der Waals surface area contributed by atoms with Crippen molar-refractivity contribution in [2.24, 2.45) is 0 Å². The third-order valence-electron chi connectivity index (χ3n) is 7.64. The van der Waals surface area contributed by atoms with Crippen LogP contribution >= 0.6 is 11.6 Å². The topological polar surface area (TPSA) is 139 Å². The summed E-state index contributed by atoms with van der Waals surface area (Å²) in [5, 5.41) is 14.8. The van der Waals surface area contributed by atoms with Gasteiger partial charge in [-0.3, -0.25) is 24.0 Å². The minimum atomic E-state index is -4.62. The van der Waals surface area contributed by atoms with Crippen molar-refractivity contribution in [1.29, 1.82) is 0 Å². The van der Waals surface area contributed by atoms with E-state index in [1.54, 1.807) is 6.92 Å². The van der Waals surface area contributed by atoms with Gasteiger partial charge in [-0.2, -0.15) is 0 Å². The number of nitrogens with one attached hydrogen (secondary N) is 1. The van der Waals surface area contributed by atoms with Crippen LogP contribution in [-0.2, 0) is 26.2 Å². The van der Waals surface area contributed by atoms with Crippen LogP contribution in [0, 0.1) is 24.0 Å². The van der Waals surface area contributed by atoms with Gasteiger partial charge in [0.15, 0.2) is 0 Å². The van der Waals surface area contributed by atoms with E-state index in [1.807, 2.05) is 45.0 Å². The number of nitro benzene ring substituents is 1. The van der Waals surface area contributed by atoms with Gasteiger partial charge in [-0.25, -0.2) is 8.42 Å². The molecule has 0 saturated heterocycles. The molecule has 13 heteroatoms. The molecule has 11 nitrogen and oxygen atoms in total. The highest BCUT2D eigenvalue weighted by Crippen LogP contribution is 2.36. The second-order valence-corrected chi connectivity index (χ2v) is 13.0. The highest BCUT2D eigenvalue weighted by atomic mass is 35.5. The van der Waals surface area contributed by atoms with Gasteiger partial charge >= 0.3 is 0 Å². The molecular formula is C32H39ClN4O7S. The quantitative estimate of drug-likeness (QED) is 0.171. The lowest BCUT2D eigenvalue weighted by Gasteiger charge is -2.34. The molecule has 1 N–H and O–H groups in total. The molecule has 3 rings (SSSR count). The zero-order chi connectivity index (χ0) is 33.5. The molecular weight excluding hydrogens is 620 g/mol. The Kier molecular flexibility index (Phi) is 11.9. The Morgan fingerprint density at radius 3 is 2.31 bits per heavy atom. The largest absolute Gasteiger partial charge is 0.495 e. The Morgan fingerprint density at radius 2 is 1.71 bits per heavy atom. The van der Waals surface area contributed by atoms with Gasteiger partial charge in [-0.1, -0.05) is 55.8 Å². The molecule has 3 aromatic rings. The number of carbonyl (C=O) groups excluding carboxylic acids is 2. The zero-order valence-electron chi connectivity index (χ0n) is 26.2. The Balaban J connectivity index is 2.20. The van der Waals surface area contributed by atoms with Crippen molar-refractivity contribution in [2.75, 3.05) is 18.0 Å². The number of halogens is 1. The van der Waals surface area contributed by atoms with Gasteiger partial charge in [-0.15, -0.1) is 0 Å². The summed E-state index contributed by atoms with van der Waals surface area (Å²) < 4.78 is 34.8. The van der Waals surface area contributed by atoms with Crippen LogP contribution in [0.1, 0.15) is 50.3 Å². The molecule has 0 aromatic heterocycles. The molecule has 45 heavy (non-hydrogen) atoms. The minimum absolute atomic E-state index is 0.0362. The number of aryl methyl sites for hydroxylation is 2. The molecule has 0 spiro atoms. The van der Waals surface area contributed by atoms with E-state index in [0.717, 1.165) is 21.5 Å². The fourth-order valence-electron chi connectivity index (χ4n) is 4.78. The Morgan fingerprint density at radius 1 is 1.02 bits per heavy atom. The molecule has 0 unspecified atom stereocenters. The van der Waals surface area contributed by atoms with Gasteiger partial charge < -0.3 is 15.0 Å². The van der Waals surface area contributed by atoms with E-state index in [-0.39, 0.29) is 46.9 Å². The summed E-state index contributed by atoms with van der Waals surface area (Å²) in [4.78, 5) is 39.8. The Labute approximate surface area is 269 Å². The van der Waals surface area contributed by atoms with Crippen molar-refractivity contribution < 1.29 is 27.7 Å². The Hall–Kier alpha value is -4.16. The average molecular weight is 659 g/mol. The minimum Gasteiger partial charge on any atom is -0.495 e. The summed E-state index contributed by atoms with van der Waals surface area (Å²) in [5.41, 5.74) is 1.50. The first kappa shape index (κ1) is 35.3. The molecule has 0 radical (unpaired) electrons. The monoisotopic (exact) mass is 658 g/mol. The van der Waals surface area contributed by atoms with Crippen LogP contribution in [0.4, 0.5) is 11.4 Å². The van der Waals surface area contributed by atoms with Crippen LogP contribution in [0.15, 0.2) is 65.6 Å². The lowest BCUT2D eigenvalue weighted by atomic mass is 10.1. The fraction of sp³-hybridized carbons (Fsp3) is 0.375. The molecule has 0 heterocycles. The summed E-state index contributed by atoms with van der Waals surface area (Å²) in [6, 6.07) is 14.2. The number of sulfonamides is 1. The van der Waals surface area contributed by atoms with Gasteiger partial charge in [0.2, 0.25) is 11.8 Å². The highest BCUT2D eigenvalue weighted by molar-refractivity contribution is 7.92. The number of nitro groups is 1. The predicted molar refractivity (Wildman–Crippen MR) is 174 cm³/mol. The van der Waals surface area contributed by atoms with Crippen LogP contribution in [0.3, 0.4) is 0 Å². The Bertz CT molecular complexity index is 1660. The third kappa shape index (κ3) is 8.31. The number of nitrogens with zero attached hydrogens (tertiary/aromatic N) is 3. The van der Waals surface area contributed by atoms with E-state index in [2.05, 4.69) is 5.32 Å². The van der Waals surface area contributed by atoms with Gasteiger partial charge in [0.05, 0.1) is 22.6 Å². The van der Waals surface area contributed by atoms with E-state index < -0.39 is 44.0 Å². The van der Waals surface area contributed by atoms with Crippen molar-refractivity contribution in [1.82, 2.24) is 10.2 Å². The van der Waals surface area contributed by atoms with Gasteiger partial charge in [0.25, 0.3) is 15.7 Å². The molecule has 0 aliphatic heterocycles. The summed E-state index contributed by atoms with van der Waals surface area (Å²) >= 11 is 6.29. The molecule has 3 aromatic carbocycles. The normalized spacial score (nSPS) is 12.6. The second kappa shape index (κ2) is 15.2. The summed E-state index contributed by atoms with van der Waals surface area (Å²) in [6.45, 7) is 8.23. The molecule has 0 aliphatic rings. The van der Waals surface area contributed by atoms with Crippen LogP contribution in [0.25, 0.3) is 0 Å². The SMILES string of the molecule is CC[C@H](C)NC(=O)[C@H](CC)N(Cc1ccccc1C)C(=O)CN(c1cc(Cl)ccc1OC)S(=O)(=O)c1ccc(C)c([N+](=O)[O-])c1. The number of ether oxygens (including phenoxy) is 1. The second-order valence-electron chi connectivity index (χ2n) is 10.7. The zero-order valence-corrected chi connectivity index (χ0v) is 27.8. The smallest absolute Gasteiger partial charge is 0.273 e. The van der Waals surface area contributed by atoms with Crippen LogP contribution in [0.2, 0.25) is 5.02 Å². The van der Waals surface area contributed by atoms with E-state index in [1.165, 1.54) is 49.3 Å². The lowest BCUT2D eigenvalue weighted by Crippen LogP contribution is -2.53. The number of anilines is 1. The van der Waals surface area contributed by atoms with Gasteiger partial charge in [0, 0.05) is 29.2 Å². The highest BCUT2D eigenvalue weighted by Gasteiger charge is 2.36. The number of methoxy groups -OCH3 is 1. The van der Waals surface area contributed by atoms with Gasteiger partial charge in [0.1, 0.15) is 18.3 Å². The standard InChI is InChI=1S/C32H39ClN4O7S/c1-7-23(5)34-32(39)27(8-2)35(19-24-12-10-9-11-21(24)3)31(38)20-36(29-17-25(33)14-16-30(29)44-6)45(42,43)26-15-13-22(4)28(18-26)37(40)41/h9-18,23,27H,7-8,19-20H2,1-6H3,(H,34,39)/t23-,27-/m0/s1. The number of carbonyl (C=O) groups is 2. The molecule has 2 atom stereocenters. The third-order valence-corrected chi connectivity index (χ3v) is 9.63. The number of benzene rings is 3. The molecule has 0 bridgehead atoms. The maximum absolute atomic E-state index is 14.4. The molecule has 0 aliphatic carbocycles. The maximum Gasteiger partial charge on any atom is 0.273 e. The van der Waals surface area contributed by atoms with E-state index >= 15 is 0 Å². The van der Waals surface area contributed by atoms with Crippen LogP contribution < -0.4 is 14.4 Å². The first-order valence-electron chi connectivity index (χ1n) is 14.5. The first-order valence-corrected chi connectivity index (χ1v) is 16.3. The van der Waals surface area contributed by atoms with E-state index in [9.17, 15) is 28.1 Å². The van der Waals surface area contributed by atoms with Crippen LogP contribution in [-0.4, -0.2) is 55.8 Å². The van der Waals surface area contributed by atoms with Crippen molar-refractivity contribution in [3.63, 3.8) is 0 Å². The van der Waals surface area contributed by atoms with Crippen molar-refractivity contribution in [3.8, 4) is 5.75 Å². The van der Waals surface area contributed by atoms with Gasteiger partial charge in [-0.05, 0) is 69.0 Å². The molecule has 242 valence electrons. The summed E-state index contributed by atoms with van der Waals surface area (Å²) in [5.74, 6) is -0.932. The number of rotatable bonds is 14. The fourth-order valence-corrected chi connectivity index (χ4v) is 6.38. The lowest BCUT2D eigenvalue weighted by molar-refractivity contribution is -0.385. The van der Waals surface area contributed by atoms with Crippen molar-refractivity contribution >= 4 is 44.8 Å². The van der Waals surface area contributed by atoms with E-state index in [0.29, 0.717) is 6.42 Å². The van der Waals surface area contributed by atoms with Crippen molar-refractivity contribution in [2.45, 2.75) is 71.0 Å². The summed E-state index contributed by atoms with van der Waals surface area (Å²) in [6.07, 6.45) is 0.939. The first-order chi connectivity index (χ1) is 21.2. The number of hydrogen-bond acceptors (Lipinski definition) is 7. The molecule has 0 fully saturated rings. The number of hydrogen-bond donors (Lipinski definition) is 1. The maximum atomic E-state index is 14.4. The van der Waals surface area contributed by atoms with E-state index in [4.69, 9.17) is 16.3 Å². The summed E-state index contributed by atoms with van der Waals surface area (Å²) in [7, 11) is -3.28. The number of amides is 2. The predicted octanol–water partition coefficient (Wildman–Crippen LogP) is 5.79.